The van der Waals surface area contributed by atoms with E-state index in [9.17, 15) is 10.2 Å². The van der Waals surface area contributed by atoms with Gasteiger partial charge in [-0.3, -0.25) is 0 Å². The molecule has 0 aliphatic rings. The molecule has 0 aromatic rings. The monoisotopic (exact) mass is 1510 g/mol. The van der Waals surface area contributed by atoms with Crippen LogP contribution in [-0.2, 0) is 47.4 Å². The average molecular weight is 1510 g/mol. The summed E-state index contributed by atoms with van der Waals surface area (Å²) < 4.78 is 46.4. The molecule has 0 aliphatic carbocycles. The molecule has 6 atom stereocenters. The van der Waals surface area contributed by atoms with Crippen molar-refractivity contribution in [2.75, 3.05) is 106 Å². The number of hydrogen-bond acceptors (Lipinski definition) is 18. The molecule has 0 saturated carbocycles. The van der Waals surface area contributed by atoms with E-state index in [0.717, 1.165) is 0 Å². The van der Waals surface area contributed by atoms with E-state index in [1.165, 1.54) is 0 Å². The minimum atomic E-state index is -0.672. The first kappa shape index (κ1) is 62.4. The number of hydrogen-bond donors (Lipinski definition) is 8. The summed E-state index contributed by atoms with van der Waals surface area (Å²) in [6, 6.07) is 0. The van der Waals surface area contributed by atoms with Gasteiger partial charge in [-0.15, -0.1) is 0 Å². The molecule has 18 nitrogen and oxygen atoms in total. The third-order valence-electron chi connectivity index (χ3n) is 4.76. The van der Waals surface area contributed by atoms with Crippen LogP contribution in [0.2, 0.25) is 0 Å². The largest absolute Gasteiger partial charge is 0.553 e. The third kappa shape index (κ3) is 61.9. The number of aliphatic hydroxyl groups excluding tert-OH is 8. The van der Waals surface area contributed by atoms with Crippen molar-refractivity contribution in [3.05, 3.63) is 42.7 Å². The van der Waals surface area contributed by atoms with Gasteiger partial charge in [0.2, 0.25) is 0 Å². The first-order chi connectivity index (χ1) is 23.0. The molecule has 0 radical (unpaired) electrons. The topological polar surface area (TPSA) is 254 Å². The van der Waals surface area contributed by atoms with Gasteiger partial charge in [0.05, 0.1) is 89.5 Å². The van der Waals surface area contributed by atoms with Gasteiger partial charge in [-0.25, -0.2) is 42.7 Å². The van der Waals surface area contributed by atoms with Gasteiger partial charge in [0.1, 0.15) is 0 Å². The minimum Gasteiger partial charge on any atom is -0.553 e. The molecule has 0 aliphatic heterocycles. The van der Waals surface area contributed by atoms with Crippen molar-refractivity contribution in [2.24, 2.45) is 0 Å². The van der Waals surface area contributed by atoms with Crippen molar-refractivity contribution >= 4 is 0 Å². The van der Waals surface area contributed by atoms with Crippen LogP contribution in [0.5, 0.6) is 0 Å². The summed E-state index contributed by atoms with van der Waals surface area (Å²) in [6.45, 7) is 2.83. The van der Waals surface area contributed by atoms with Gasteiger partial charge < -0.3 is 88.2 Å². The van der Waals surface area contributed by atoms with E-state index < -0.39 is 36.6 Å². The second-order valence-corrected chi connectivity index (χ2v) is 9.47. The normalized spacial score (nSPS) is 13.8. The second kappa shape index (κ2) is 53.1. The van der Waals surface area contributed by atoms with Gasteiger partial charge in [0.25, 0.3) is 0 Å². The Bertz CT molecular complexity index is 496. The van der Waals surface area contributed by atoms with Gasteiger partial charge in [-0.1, -0.05) is 0 Å². The maximum atomic E-state index is 9.18. The molecule has 0 bridgehead atoms. The Labute approximate surface area is 286 Å². The standard InChI is InChI=1S/2C9H18O5.2C6H13O4.3Rf/c2*1-12-5-8(10)3-4-14-7-9(11)6-13-2;2*1-9-4-6(8)5-10-3-2-7;;;/h2*8-11H,1-7H2;2*6-8H,1-5H2;;;/q2*-2;2*-1;;;. The molecule has 0 fully saturated rings. The van der Waals surface area contributed by atoms with Crippen molar-refractivity contribution < 1.29 is 88.2 Å². The summed E-state index contributed by atoms with van der Waals surface area (Å²) in [5.41, 5.74) is 0. The van der Waals surface area contributed by atoms with Crippen molar-refractivity contribution in [3.63, 3.8) is 0 Å². The molecule has 0 rings (SSSR count). The summed E-state index contributed by atoms with van der Waals surface area (Å²) in [7, 11) is 18.7. The van der Waals surface area contributed by atoms with Gasteiger partial charge in [0.15, 0.2) is 0 Å². The number of rotatable bonds is 30. The molecule has 0 amide bonds. The van der Waals surface area contributed by atoms with Gasteiger partial charge in [-0.2, -0.15) is 0 Å². The van der Waals surface area contributed by atoms with Crippen LogP contribution < -0.4 is 0 Å². The SMILES string of the molecule is [CH2-]OCC(O)CCOCC(O)CO[CH2-].[CH2-]OCC(O)CCOCC(O)CO[CH2-].[CH2-]OCC(O)COCCO.[CH2-]OCC(O)COCCO.[Rf].[Rf].[Rf]. The van der Waals surface area contributed by atoms with E-state index in [4.69, 9.17) is 49.6 Å². The molecular formula is C30H62O18Rf3-6. The predicted octanol–water partition coefficient (Wildman–Crippen LogP) is -2.21. The Morgan fingerprint density at radius 2 is 0.510 bits per heavy atom. The molecule has 21 heteroatoms. The molecule has 8 N–H and O–H groups in total. The van der Waals surface area contributed by atoms with Crippen LogP contribution in [0.3, 0.4) is 0 Å². The van der Waals surface area contributed by atoms with Crippen molar-refractivity contribution in [1.82, 2.24) is 0 Å². The fourth-order valence-corrected chi connectivity index (χ4v) is 2.62. The van der Waals surface area contributed by atoms with Crippen LogP contribution in [0.25, 0.3) is 0 Å². The van der Waals surface area contributed by atoms with Crippen LogP contribution in [0.15, 0.2) is 0 Å². The molecule has 6 unspecified atom stereocenters. The molecule has 302 valence electrons. The molecule has 0 saturated heterocycles. The summed E-state index contributed by atoms with van der Waals surface area (Å²) in [4.78, 5) is 0. The Hall–Kier alpha value is -3.72. The van der Waals surface area contributed by atoms with E-state index in [2.05, 4.69) is 71.1 Å². The van der Waals surface area contributed by atoms with Gasteiger partial charge >= 0.3 is 0 Å². The van der Waals surface area contributed by atoms with Crippen molar-refractivity contribution in [3.8, 4) is 0 Å². The summed E-state index contributed by atoms with van der Waals surface area (Å²) in [5.74, 6) is 0. The molecule has 0 heterocycles. The Kier molecular flexibility index (Phi) is 65.0. The van der Waals surface area contributed by atoms with Crippen LogP contribution in [0, 0.1) is 42.7 Å². The zero-order valence-electron chi connectivity index (χ0n) is 30.2. The maximum Gasteiger partial charge on any atom is 0.0976 e. The van der Waals surface area contributed by atoms with E-state index in [1.807, 2.05) is 0 Å². The first-order valence-electron chi connectivity index (χ1n) is 14.9. The quantitative estimate of drug-likeness (QED) is 0.0281. The van der Waals surface area contributed by atoms with E-state index in [0.29, 0.717) is 26.1 Å². The summed E-state index contributed by atoms with van der Waals surface area (Å²) >= 11 is 0. The fourth-order valence-electron chi connectivity index (χ4n) is 2.62. The van der Waals surface area contributed by atoms with Gasteiger partial charge in [-0.05, 0) is 12.8 Å². The van der Waals surface area contributed by atoms with Crippen LogP contribution >= 0.6 is 0 Å². The maximum absolute atomic E-state index is 9.18. The number of ether oxygens (including phenoxy) is 10. The predicted molar refractivity (Wildman–Crippen MR) is 171 cm³/mol. The van der Waals surface area contributed by atoms with Crippen LogP contribution in [0.4, 0.5) is 0 Å². The zero-order chi connectivity index (χ0) is 37.3. The molecular weight excluding hydrogens is 1450 g/mol. The summed E-state index contributed by atoms with van der Waals surface area (Å²) in [6.07, 6.45) is -2.89. The Morgan fingerprint density at radius 1 is 0.314 bits per heavy atom. The van der Waals surface area contributed by atoms with E-state index in [1.54, 1.807) is 0 Å². The summed E-state index contributed by atoms with van der Waals surface area (Å²) in [5, 5.41) is 70.9. The molecule has 0 aromatic heterocycles. The van der Waals surface area contributed by atoms with Crippen molar-refractivity contribution in [1.29, 1.82) is 0 Å². The molecule has 0 spiro atoms. The molecule has 51 heavy (non-hydrogen) atoms. The average Bonchev–Trinajstić information content (AvgIpc) is 3.04. The second-order valence-electron chi connectivity index (χ2n) is 9.47. The Balaban J connectivity index is -0.000000100. The van der Waals surface area contributed by atoms with E-state index in [-0.39, 0.29) is 92.5 Å². The number of aliphatic hydroxyl groups is 8. The van der Waals surface area contributed by atoms with Crippen LogP contribution in [0.1, 0.15) is 12.8 Å². The van der Waals surface area contributed by atoms with Gasteiger partial charge in [0, 0.05) is 52.9 Å². The minimum absolute atomic E-state index is 0. The zero-order valence-corrected chi connectivity index (χ0v) is 49.4. The fraction of sp³-hybridized carbons (Fsp3) is 0.800. The third-order valence-corrected chi connectivity index (χ3v) is 4.76. The first-order valence-corrected chi connectivity index (χ1v) is 14.9. The van der Waals surface area contributed by atoms with E-state index >= 15 is 0 Å². The van der Waals surface area contributed by atoms with Crippen LogP contribution in [-0.4, -0.2) is 183 Å². The smallest absolute Gasteiger partial charge is 0.0976 e. The Morgan fingerprint density at radius 3 is 0.706 bits per heavy atom. The molecule has 0 aromatic carbocycles. The van der Waals surface area contributed by atoms with Crippen molar-refractivity contribution in [2.45, 2.75) is 49.5 Å².